The van der Waals surface area contributed by atoms with Crippen molar-refractivity contribution in [3.63, 3.8) is 0 Å². The number of nitrogens with zero attached hydrogens (tertiary/aromatic N) is 2. The molecule has 2 aromatic carbocycles. The summed E-state index contributed by atoms with van der Waals surface area (Å²) in [6.07, 6.45) is 0.283. The number of carbonyl (C=O) groups is 2. The Kier molecular flexibility index (Phi) is 6.23. The van der Waals surface area contributed by atoms with E-state index in [9.17, 15) is 19.1 Å². The van der Waals surface area contributed by atoms with Gasteiger partial charge in [0, 0.05) is 37.8 Å². The zero-order valence-electron chi connectivity index (χ0n) is 17.6. The molecule has 7 heteroatoms. The molecule has 4 rings (SSSR count). The maximum atomic E-state index is 13.9. The van der Waals surface area contributed by atoms with E-state index >= 15 is 0 Å². The third kappa shape index (κ3) is 4.56. The van der Waals surface area contributed by atoms with Gasteiger partial charge in [-0.2, -0.15) is 0 Å². The lowest BCUT2D eigenvalue weighted by Gasteiger charge is -2.27. The van der Waals surface area contributed by atoms with Crippen molar-refractivity contribution < 1.29 is 19.1 Å². The lowest BCUT2D eigenvalue weighted by molar-refractivity contribution is -0.138. The summed E-state index contributed by atoms with van der Waals surface area (Å²) in [5, 5.41) is 13.0. The van der Waals surface area contributed by atoms with Crippen LogP contribution in [0.3, 0.4) is 0 Å². The molecule has 0 bridgehead atoms. The average Bonchev–Trinajstić information content (AvgIpc) is 3.29. The quantitative estimate of drug-likeness (QED) is 0.742. The topological polar surface area (TPSA) is 72.9 Å². The number of hydrogen-bond acceptors (Lipinski definition) is 4. The number of hydrogen-bond donors (Lipinski definition) is 2. The number of β-amino-alcohol motifs (C(OH)–C–C–N with tert-alkyl or cyclic N) is 1. The van der Waals surface area contributed by atoms with Gasteiger partial charge in [-0.25, -0.2) is 4.39 Å². The van der Waals surface area contributed by atoms with E-state index in [1.54, 1.807) is 18.2 Å². The van der Waals surface area contributed by atoms with Gasteiger partial charge in [-0.3, -0.25) is 9.59 Å². The van der Waals surface area contributed by atoms with Crippen LogP contribution in [0.1, 0.15) is 24.5 Å². The molecule has 31 heavy (non-hydrogen) atoms. The summed E-state index contributed by atoms with van der Waals surface area (Å²) in [6.45, 7) is 3.36. The second-order valence-electron chi connectivity index (χ2n) is 8.39. The highest BCUT2D eigenvalue weighted by Gasteiger charge is 2.38. The van der Waals surface area contributed by atoms with E-state index in [0.717, 1.165) is 6.42 Å². The molecule has 2 N–H and O–H groups in total. The number of likely N-dealkylation sites (tertiary alicyclic amines) is 1. The summed E-state index contributed by atoms with van der Waals surface area (Å²) >= 11 is 0. The fourth-order valence-electron chi connectivity index (χ4n) is 4.63. The first-order valence-corrected chi connectivity index (χ1v) is 10.8. The summed E-state index contributed by atoms with van der Waals surface area (Å²) in [7, 11) is 0. The van der Waals surface area contributed by atoms with E-state index in [0.29, 0.717) is 19.1 Å². The van der Waals surface area contributed by atoms with Crippen LogP contribution in [-0.4, -0.2) is 59.6 Å². The third-order valence-electron chi connectivity index (χ3n) is 6.20. The molecule has 0 saturated carbocycles. The molecule has 2 heterocycles. The van der Waals surface area contributed by atoms with Gasteiger partial charge in [0.05, 0.1) is 12.5 Å². The Labute approximate surface area is 181 Å². The molecular formula is C24H28FN3O3. The maximum absolute atomic E-state index is 13.9. The van der Waals surface area contributed by atoms with Crippen LogP contribution in [0.4, 0.5) is 10.1 Å². The van der Waals surface area contributed by atoms with Gasteiger partial charge in [0.1, 0.15) is 11.9 Å². The average molecular weight is 426 g/mol. The van der Waals surface area contributed by atoms with Crippen LogP contribution in [0.2, 0.25) is 0 Å². The number of halogens is 1. The Morgan fingerprint density at radius 3 is 2.71 bits per heavy atom. The first-order chi connectivity index (χ1) is 14.9. The smallest absolute Gasteiger partial charge is 0.242 e. The molecular weight excluding hydrogens is 397 g/mol. The van der Waals surface area contributed by atoms with Crippen molar-refractivity contribution in [1.82, 2.24) is 10.2 Å². The van der Waals surface area contributed by atoms with Gasteiger partial charge in [-0.05, 0) is 36.6 Å². The first-order valence-electron chi connectivity index (χ1n) is 10.8. The lowest BCUT2D eigenvalue weighted by atomic mass is 10.1. The van der Waals surface area contributed by atoms with Crippen LogP contribution >= 0.6 is 0 Å². The number of para-hydroxylation sites is 1. The molecule has 2 aliphatic heterocycles. The molecule has 1 saturated heterocycles. The van der Waals surface area contributed by atoms with Crippen molar-refractivity contribution in [2.24, 2.45) is 0 Å². The number of benzene rings is 2. The Bertz CT molecular complexity index is 967. The predicted molar refractivity (Wildman–Crippen MR) is 116 cm³/mol. The second-order valence-corrected chi connectivity index (χ2v) is 8.39. The van der Waals surface area contributed by atoms with Crippen molar-refractivity contribution in [2.75, 3.05) is 24.5 Å². The molecule has 0 spiro atoms. The molecule has 2 aromatic rings. The minimum Gasteiger partial charge on any atom is -0.391 e. The Morgan fingerprint density at radius 2 is 1.90 bits per heavy atom. The monoisotopic (exact) mass is 425 g/mol. The maximum Gasteiger partial charge on any atom is 0.242 e. The normalized spacial score (nSPS) is 22.5. The van der Waals surface area contributed by atoms with E-state index < -0.39 is 18.0 Å². The predicted octanol–water partition coefficient (Wildman–Crippen LogP) is 1.90. The van der Waals surface area contributed by atoms with Crippen LogP contribution < -0.4 is 10.2 Å². The van der Waals surface area contributed by atoms with Gasteiger partial charge < -0.3 is 20.2 Å². The van der Waals surface area contributed by atoms with Crippen molar-refractivity contribution in [1.29, 1.82) is 0 Å². The summed E-state index contributed by atoms with van der Waals surface area (Å²) in [5.41, 5.74) is 2.79. The minimum absolute atomic E-state index is 0.0852. The third-order valence-corrected chi connectivity index (χ3v) is 6.20. The number of fused-ring (bicyclic) bond motifs is 1. The van der Waals surface area contributed by atoms with Crippen LogP contribution in [-0.2, 0) is 22.4 Å². The van der Waals surface area contributed by atoms with Crippen molar-refractivity contribution in [2.45, 2.75) is 44.4 Å². The second kappa shape index (κ2) is 9.06. The van der Waals surface area contributed by atoms with Gasteiger partial charge >= 0.3 is 0 Å². The van der Waals surface area contributed by atoms with Gasteiger partial charge in [0.15, 0.2) is 0 Å². The number of aliphatic hydroxyl groups excluding tert-OH is 1. The van der Waals surface area contributed by atoms with Crippen LogP contribution in [0.5, 0.6) is 0 Å². The van der Waals surface area contributed by atoms with E-state index in [4.69, 9.17) is 0 Å². The summed E-state index contributed by atoms with van der Waals surface area (Å²) in [6, 6.07) is 14.0. The molecule has 0 aromatic heterocycles. The van der Waals surface area contributed by atoms with Gasteiger partial charge in [0.2, 0.25) is 11.8 Å². The molecule has 164 valence electrons. The number of carbonyl (C=O) groups excluding carboxylic acids is 2. The molecule has 6 nitrogen and oxygen atoms in total. The zero-order valence-corrected chi connectivity index (χ0v) is 17.6. The van der Waals surface area contributed by atoms with Crippen molar-refractivity contribution in [3.8, 4) is 0 Å². The molecule has 3 unspecified atom stereocenters. The van der Waals surface area contributed by atoms with E-state index in [-0.39, 0.29) is 36.8 Å². The Balaban J connectivity index is 1.35. The largest absolute Gasteiger partial charge is 0.391 e. The zero-order chi connectivity index (χ0) is 22.0. The lowest BCUT2D eigenvalue weighted by Crippen LogP contribution is -2.48. The molecule has 3 atom stereocenters. The van der Waals surface area contributed by atoms with Crippen molar-refractivity contribution >= 4 is 17.5 Å². The summed E-state index contributed by atoms with van der Waals surface area (Å²) < 4.78 is 13.9. The number of rotatable bonds is 6. The van der Waals surface area contributed by atoms with Crippen LogP contribution in [0, 0.1) is 5.82 Å². The Morgan fingerprint density at radius 1 is 1.16 bits per heavy atom. The minimum atomic E-state index is -0.759. The number of aliphatic hydroxyl groups is 1. The van der Waals surface area contributed by atoms with Gasteiger partial charge in [-0.15, -0.1) is 0 Å². The highest BCUT2D eigenvalue weighted by Crippen LogP contribution is 2.31. The fraction of sp³-hybridized carbons (Fsp3) is 0.417. The highest BCUT2D eigenvalue weighted by atomic mass is 19.1. The van der Waals surface area contributed by atoms with E-state index in [2.05, 4.69) is 29.3 Å². The van der Waals surface area contributed by atoms with Crippen LogP contribution in [0.25, 0.3) is 0 Å². The summed E-state index contributed by atoms with van der Waals surface area (Å²) in [4.78, 5) is 29.2. The van der Waals surface area contributed by atoms with Gasteiger partial charge in [-0.1, -0.05) is 36.4 Å². The molecule has 0 aliphatic carbocycles. The standard InChI is InChI=1S/C24H28FN3O3/c1-16-12-18-7-3-5-9-21(18)27(16)11-10-26-24(31)22-14-19(29)15-28(22)23(30)13-17-6-2-4-8-20(17)25/h2-9,16,19,22,29H,10-15H2,1H3,(H,26,31). The van der Waals surface area contributed by atoms with E-state index in [1.807, 2.05) is 12.1 Å². The highest BCUT2D eigenvalue weighted by molar-refractivity contribution is 5.89. The van der Waals surface area contributed by atoms with Crippen molar-refractivity contribution in [3.05, 3.63) is 65.5 Å². The Hall–Kier alpha value is -2.93. The van der Waals surface area contributed by atoms with Gasteiger partial charge in [0.25, 0.3) is 0 Å². The van der Waals surface area contributed by atoms with Crippen LogP contribution in [0.15, 0.2) is 48.5 Å². The number of nitrogens with one attached hydrogen (secondary N) is 1. The summed E-state index contributed by atoms with van der Waals surface area (Å²) in [5.74, 6) is -1.08. The van der Waals surface area contributed by atoms with E-state index in [1.165, 1.54) is 22.2 Å². The fourth-order valence-corrected chi connectivity index (χ4v) is 4.63. The molecule has 2 amide bonds. The number of anilines is 1. The number of amides is 2. The molecule has 0 radical (unpaired) electrons. The molecule has 2 aliphatic rings. The first kappa shape index (κ1) is 21.3. The molecule has 1 fully saturated rings. The SMILES string of the molecule is CC1Cc2ccccc2N1CCNC(=O)C1CC(O)CN1C(=O)Cc1ccccc1F.